The van der Waals surface area contributed by atoms with Crippen LogP contribution >= 0.6 is 11.6 Å². The molecule has 2 aromatic carbocycles. The Morgan fingerprint density at radius 2 is 1.76 bits per heavy atom. The second-order valence-electron chi connectivity index (χ2n) is 7.55. The van der Waals surface area contributed by atoms with E-state index in [1.807, 2.05) is 0 Å². The first-order valence-electron chi connectivity index (χ1n) is 10.4. The van der Waals surface area contributed by atoms with Crippen molar-refractivity contribution in [3.05, 3.63) is 79.8 Å². The Morgan fingerprint density at radius 1 is 1.11 bits per heavy atom. The van der Waals surface area contributed by atoms with Crippen LogP contribution in [0.15, 0.2) is 52.1 Å². The number of alkyl halides is 3. The first kappa shape index (κ1) is 27.7. The summed E-state index contributed by atoms with van der Waals surface area (Å²) in [6.07, 6.45) is -6.31. The summed E-state index contributed by atoms with van der Waals surface area (Å²) in [5.74, 6) is -2.85. The smallest absolute Gasteiger partial charge is 0.431 e. The highest BCUT2D eigenvalue weighted by Gasteiger charge is 2.35. The zero-order valence-electron chi connectivity index (χ0n) is 19.2. The topological polar surface area (TPSA) is 109 Å². The van der Waals surface area contributed by atoms with E-state index >= 15 is 0 Å². The highest BCUT2D eigenvalue weighted by molar-refractivity contribution is 6.32. The molecule has 0 aliphatic rings. The number of carboxylic acids is 1. The van der Waals surface area contributed by atoms with E-state index in [1.54, 1.807) is 0 Å². The second-order valence-corrected chi connectivity index (χ2v) is 7.96. The van der Waals surface area contributed by atoms with Crippen molar-refractivity contribution in [2.45, 2.75) is 18.7 Å². The van der Waals surface area contributed by atoms with Crippen LogP contribution in [0.5, 0.6) is 17.2 Å². The highest BCUT2D eigenvalue weighted by atomic mass is 35.5. The van der Waals surface area contributed by atoms with Gasteiger partial charge in [0.25, 0.3) is 5.56 Å². The van der Waals surface area contributed by atoms with E-state index in [1.165, 1.54) is 31.4 Å². The van der Waals surface area contributed by atoms with Gasteiger partial charge in [0.05, 0.1) is 17.3 Å². The van der Waals surface area contributed by atoms with E-state index in [2.05, 4.69) is 0 Å². The molecule has 0 fully saturated rings. The number of halogens is 5. The minimum Gasteiger partial charge on any atom is -0.479 e. The summed E-state index contributed by atoms with van der Waals surface area (Å²) in [4.78, 5) is 36.5. The van der Waals surface area contributed by atoms with Crippen LogP contribution in [0.2, 0.25) is 5.02 Å². The summed E-state index contributed by atoms with van der Waals surface area (Å²) >= 11 is 6.08. The second kappa shape index (κ2) is 11.0. The highest BCUT2D eigenvalue weighted by Crippen LogP contribution is 2.37. The molecule has 1 heterocycles. The van der Waals surface area contributed by atoms with Crippen molar-refractivity contribution in [1.82, 2.24) is 9.13 Å². The third kappa shape index (κ3) is 6.12. The molecule has 0 bridgehead atoms. The molecule has 3 rings (SSSR count). The molecule has 0 saturated carbocycles. The lowest BCUT2D eigenvalue weighted by atomic mass is 10.2. The number of nitrogens with zero attached hydrogens (tertiary/aromatic N) is 2. The monoisotopic (exact) mass is 546 g/mol. The zero-order chi connectivity index (χ0) is 27.5. The number of hydrogen-bond acceptors (Lipinski definition) is 6. The Bertz CT molecular complexity index is 1440. The van der Waals surface area contributed by atoms with E-state index in [0.29, 0.717) is 6.07 Å². The van der Waals surface area contributed by atoms with Crippen molar-refractivity contribution in [3.63, 3.8) is 0 Å². The molecule has 0 aliphatic heterocycles. The zero-order valence-corrected chi connectivity index (χ0v) is 20.0. The maximum atomic E-state index is 14.8. The van der Waals surface area contributed by atoms with Crippen LogP contribution in [0.3, 0.4) is 0 Å². The van der Waals surface area contributed by atoms with Gasteiger partial charge in [0, 0.05) is 32.7 Å². The van der Waals surface area contributed by atoms with Crippen LogP contribution in [-0.4, -0.2) is 40.0 Å². The lowest BCUT2D eigenvalue weighted by Gasteiger charge is -2.18. The Balaban J connectivity index is 2.07. The van der Waals surface area contributed by atoms with Crippen LogP contribution in [0.4, 0.5) is 17.6 Å². The fraction of sp³-hybridized carbons (Fsp3) is 0.261. The molecular formula is C23H19ClF4N2O7. The van der Waals surface area contributed by atoms with Crippen molar-refractivity contribution < 1.29 is 41.7 Å². The predicted molar refractivity (Wildman–Crippen MR) is 122 cm³/mol. The summed E-state index contributed by atoms with van der Waals surface area (Å²) < 4.78 is 70.7. The average Bonchev–Trinajstić information content (AvgIpc) is 2.81. The molecule has 0 radical (unpaired) electrons. The SMILES string of the molecule is COCCC(Oc1ccccc1Oc1cc(-n2c(=O)cc(C(F)(F)F)n(C)c2=O)c(F)cc1Cl)C(=O)O. The number of benzene rings is 2. The summed E-state index contributed by atoms with van der Waals surface area (Å²) in [7, 11) is 2.17. The van der Waals surface area contributed by atoms with Crippen LogP contribution in [-0.2, 0) is 22.8 Å². The molecular weight excluding hydrogens is 528 g/mol. The molecule has 14 heteroatoms. The van der Waals surface area contributed by atoms with E-state index in [9.17, 15) is 37.1 Å². The third-order valence-corrected chi connectivity index (χ3v) is 5.35. The average molecular weight is 547 g/mol. The Labute approximate surface area is 211 Å². The van der Waals surface area contributed by atoms with Crippen molar-refractivity contribution in [1.29, 1.82) is 0 Å². The summed E-state index contributed by atoms with van der Waals surface area (Å²) in [6.45, 7) is 0.0873. The minimum absolute atomic E-state index is 0.00174. The van der Waals surface area contributed by atoms with Crippen molar-refractivity contribution in [2.75, 3.05) is 13.7 Å². The Hall–Kier alpha value is -3.84. The van der Waals surface area contributed by atoms with E-state index < -0.39 is 46.7 Å². The fourth-order valence-corrected chi connectivity index (χ4v) is 3.44. The number of aliphatic carboxylic acids is 1. The molecule has 0 spiro atoms. The van der Waals surface area contributed by atoms with E-state index in [-0.39, 0.29) is 50.5 Å². The largest absolute Gasteiger partial charge is 0.479 e. The molecule has 9 nitrogen and oxygen atoms in total. The lowest BCUT2D eigenvalue weighted by molar-refractivity contribution is -0.146. The maximum absolute atomic E-state index is 14.8. The minimum atomic E-state index is -5.00. The van der Waals surface area contributed by atoms with E-state index in [0.717, 1.165) is 13.1 Å². The number of rotatable bonds is 9. The Morgan fingerprint density at radius 3 is 2.35 bits per heavy atom. The molecule has 1 N–H and O–H groups in total. The summed E-state index contributed by atoms with van der Waals surface area (Å²) in [6, 6.07) is 7.54. The van der Waals surface area contributed by atoms with Crippen molar-refractivity contribution >= 4 is 17.6 Å². The number of ether oxygens (including phenoxy) is 3. The van der Waals surface area contributed by atoms with Crippen LogP contribution in [0.25, 0.3) is 5.69 Å². The third-order valence-electron chi connectivity index (χ3n) is 5.05. The predicted octanol–water partition coefficient (Wildman–Crippen LogP) is 4.01. The molecule has 3 aromatic rings. The molecule has 1 atom stereocenters. The van der Waals surface area contributed by atoms with Crippen LogP contribution in [0.1, 0.15) is 12.1 Å². The first-order valence-corrected chi connectivity index (χ1v) is 10.8. The van der Waals surface area contributed by atoms with Gasteiger partial charge < -0.3 is 19.3 Å². The van der Waals surface area contributed by atoms with Gasteiger partial charge in [-0.25, -0.2) is 18.5 Å². The van der Waals surface area contributed by atoms with Gasteiger partial charge in [-0.05, 0) is 18.2 Å². The normalized spacial score (nSPS) is 12.3. The van der Waals surface area contributed by atoms with Crippen molar-refractivity contribution in [3.8, 4) is 22.9 Å². The van der Waals surface area contributed by atoms with Gasteiger partial charge in [0.2, 0.25) is 0 Å². The van der Waals surface area contributed by atoms with Crippen LogP contribution < -0.4 is 20.7 Å². The maximum Gasteiger partial charge on any atom is 0.431 e. The summed E-state index contributed by atoms with van der Waals surface area (Å²) in [5.41, 5.74) is -5.13. The van der Waals surface area contributed by atoms with Gasteiger partial charge in [-0.1, -0.05) is 23.7 Å². The van der Waals surface area contributed by atoms with Gasteiger partial charge in [-0.3, -0.25) is 9.36 Å². The number of aromatic nitrogens is 2. The van der Waals surface area contributed by atoms with Gasteiger partial charge >= 0.3 is 17.8 Å². The molecule has 0 aliphatic carbocycles. The quantitative estimate of drug-likeness (QED) is 0.404. The molecule has 1 unspecified atom stereocenters. The number of methoxy groups -OCH3 is 1. The van der Waals surface area contributed by atoms with Gasteiger partial charge in [-0.15, -0.1) is 0 Å². The molecule has 198 valence electrons. The molecule has 0 saturated heterocycles. The fourth-order valence-electron chi connectivity index (χ4n) is 3.25. The number of para-hydroxylation sites is 2. The lowest BCUT2D eigenvalue weighted by Crippen LogP contribution is -2.41. The van der Waals surface area contributed by atoms with Crippen molar-refractivity contribution in [2.24, 2.45) is 7.05 Å². The van der Waals surface area contributed by atoms with Gasteiger partial charge in [0.15, 0.2) is 17.6 Å². The van der Waals surface area contributed by atoms with Crippen LogP contribution in [0, 0.1) is 5.82 Å². The standard InChI is InChI=1S/C23H19ClF4N2O7/c1-29-19(23(26,27)28)11-20(31)30(22(29)34)14-10-18(12(24)9-13(14)25)37-16-6-4-3-5-15(16)36-17(21(32)33)7-8-35-2/h3-6,9-11,17H,7-8H2,1-2H3,(H,32,33). The van der Waals surface area contributed by atoms with Gasteiger partial charge in [-0.2, -0.15) is 13.2 Å². The molecule has 1 aromatic heterocycles. The first-order chi connectivity index (χ1) is 17.3. The number of carbonyl (C=O) groups is 1. The van der Waals surface area contributed by atoms with E-state index in [4.69, 9.17) is 25.8 Å². The number of carboxylic acid groups (broad SMARTS) is 1. The Kier molecular flexibility index (Phi) is 8.28. The molecule has 0 amide bonds. The number of hydrogen-bond donors (Lipinski definition) is 1. The van der Waals surface area contributed by atoms with Gasteiger partial charge in [0.1, 0.15) is 17.3 Å². The summed E-state index contributed by atoms with van der Waals surface area (Å²) in [5, 5.41) is 9.09. The molecule has 37 heavy (non-hydrogen) atoms.